The molecule has 2 fully saturated rings. The highest BCUT2D eigenvalue weighted by Gasteiger charge is 2.48. The van der Waals surface area contributed by atoms with Gasteiger partial charge in [-0.15, -0.1) is 0 Å². The van der Waals surface area contributed by atoms with E-state index in [-0.39, 0.29) is 0 Å². The molecular formula is C28H36O8. The van der Waals surface area contributed by atoms with Crippen LogP contribution in [0.5, 0.6) is 5.75 Å². The van der Waals surface area contributed by atoms with Crippen molar-refractivity contribution in [1.82, 2.24) is 0 Å². The van der Waals surface area contributed by atoms with Crippen LogP contribution in [0.4, 0.5) is 0 Å². The molecule has 0 aromatic heterocycles. The third kappa shape index (κ3) is 4.45. The number of carboxylic acid groups (broad SMARTS) is 1. The van der Waals surface area contributed by atoms with Gasteiger partial charge < -0.3 is 34.6 Å². The monoisotopic (exact) mass is 500 g/mol. The fourth-order valence-electron chi connectivity index (χ4n) is 6.57. The number of hydrogen-bond donors (Lipinski definition) is 4. The minimum atomic E-state index is -1.76. The number of hydrogen-bond acceptors (Lipinski definition) is 7. The van der Waals surface area contributed by atoms with Crippen LogP contribution in [0.15, 0.2) is 34.9 Å². The first kappa shape index (κ1) is 25.3. The lowest BCUT2D eigenvalue weighted by Gasteiger charge is -2.43. The number of benzene rings is 1. The van der Waals surface area contributed by atoms with E-state index in [0.29, 0.717) is 17.6 Å². The maximum Gasteiger partial charge on any atom is 0.335 e. The fourth-order valence-corrected chi connectivity index (χ4v) is 6.57. The van der Waals surface area contributed by atoms with Crippen LogP contribution in [0.25, 0.3) is 5.76 Å². The summed E-state index contributed by atoms with van der Waals surface area (Å²) >= 11 is 0. The Balaban J connectivity index is 1.48. The summed E-state index contributed by atoms with van der Waals surface area (Å²) in [6.45, 7) is 1.84. The standard InChI is InChI=1S/C28H36O8/c1-14-10-11-17(13-20(14)35-28-24(31)22(29)23(30)26(36-28)27(32)33)25(34-2)21-16-7-5-9-19(21)18-8-4-3-6-15(18)12-16/h10-11,13,16,19,22-24,26,28-31H,3-9,12H2,1-2H3,(H,32,33)/t16?,19?,22-,23-,24?,26?,28+/m0/s1. The molecule has 4 N–H and O–H groups in total. The van der Waals surface area contributed by atoms with Gasteiger partial charge in [-0.3, -0.25) is 0 Å². The SMILES string of the molecule is COC(=C1C2CCCC1C1=C(CCCC1)C2)c1ccc(C)c(O[C@@H]2OC(C(=O)O)[C@@H](O)[C@H](O)C2O)c1. The average Bonchev–Trinajstić information content (AvgIpc) is 2.86. The Hall–Kier alpha value is -2.39. The molecule has 36 heavy (non-hydrogen) atoms. The first-order valence-electron chi connectivity index (χ1n) is 13.0. The summed E-state index contributed by atoms with van der Waals surface area (Å²) in [5, 5.41) is 39.9. The van der Waals surface area contributed by atoms with Gasteiger partial charge in [0.15, 0.2) is 6.10 Å². The zero-order valence-electron chi connectivity index (χ0n) is 20.9. The topological polar surface area (TPSA) is 126 Å². The molecule has 1 saturated carbocycles. The summed E-state index contributed by atoms with van der Waals surface area (Å²) in [7, 11) is 1.70. The lowest BCUT2D eigenvalue weighted by Crippen LogP contribution is -2.61. The van der Waals surface area contributed by atoms with Crippen LogP contribution in [0.3, 0.4) is 0 Å². The number of aliphatic hydroxyl groups excluding tert-OH is 3. The zero-order valence-corrected chi connectivity index (χ0v) is 20.9. The van der Waals surface area contributed by atoms with Crippen molar-refractivity contribution >= 4 is 11.7 Å². The molecule has 196 valence electrons. The number of aliphatic carboxylic acids is 1. The van der Waals surface area contributed by atoms with E-state index in [4.69, 9.17) is 14.2 Å². The molecule has 4 aliphatic rings. The Morgan fingerprint density at radius 2 is 1.81 bits per heavy atom. The van der Waals surface area contributed by atoms with E-state index in [2.05, 4.69) is 0 Å². The molecule has 1 aliphatic heterocycles. The lowest BCUT2D eigenvalue weighted by molar-refractivity contribution is -0.271. The number of rotatable bonds is 5. The van der Waals surface area contributed by atoms with Crippen LogP contribution < -0.4 is 4.74 Å². The molecule has 0 spiro atoms. The number of aryl methyl sites for hydroxylation is 1. The number of ether oxygens (including phenoxy) is 3. The van der Waals surface area contributed by atoms with Gasteiger partial charge in [0.1, 0.15) is 29.8 Å². The van der Waals surface area contributed by atoms with Crippen molar-refractivity contribution in [2.75, 3.05) is 7.11 Å². The second-order valence-electron chi connectivity index (χ2n) is 10.5. The molecule has 1 aromatic rings. The lowest BCUT2D eigenvalue weighted by atomic mass is 9.62. The quantitative estimate of drug-likeness (QED) is 0.358. The molecule has 0 amide bonds. The summed E-state index contributed by atoms with van der Waals surface area (Å²) in [4.78, 5) is 11.5. The maximum absolute atomic E-state index is 11.5. The summed E-state index contributed by atoms with van der Waals surface area (Å²) in [5.74, 6) is 0.690. The molecule has 1 heterocycles. The molecule has 7 atom stereocenters. The van der Waals surface area contributed by atoms with Gasteiger partial charge in [0.2, 0.25) is 6.29 Å². The summed E-state index contributed by atoms with van der Waals surface area (Å²) in [5.41, 5.74) is 6.27. The van der Waals surface area contributed by atoms with Crippen molar-refractivity contribution in [3.05, 3.63) is 46.0 Å². The minimum absolute atomic E-state index is 0.387. The van der Waals surface area contributed by atoms with Gasteiger partial charge >= 0.3 is 5.97 Å². The number of aliphatic hydroxyl groups is 3. The Morgan fingerprint density at radius 1 is 1.03 bits per heavy atom. The summed E-state index contributed by atoms with van der Waals surface area (Å²) in [6, 6.07) is 5.71. The summed E-state index contributed by atoms with van der Waals surface area (Å²) in [6.07, 6.45) is 1.30. The smallest absolute Gasteiger partial charge is 0.335 e. The van der Waals surface area contributed by atoms with Crippen LogP contribution >= 0.6 is 0 Å². The first-order valence-corrected chi connectivity index (χ1v) is 13.0. The number of carboxylic acids is 1. The molecule has 2 bridgehead atoms. The molecule has 8 heteroatoms. The predicted octanol–water partition coefficient (Wildman–Crippen LogP) is 3.31. The van der Waals surface area contributed by atoms with Gasteiger partial charge in [-0.05, 0) is 75.0 Å². The molecule has 8 nitrogen and oxygen atoms in total. The van der Waals surface area contributed by atoms with Crippen LogP contribution in [0.1, 0.15) is 62.5 Å². The van der Waals surface area contributed by atoms with Crippen molar-refractivity contribution in [3.63, 3.8) is 0 Å². The van der Waals surface area contributed by atoms with E-state index in [1.165, 1.54) is 37.7 Å². The normalized spacial score (nSPS) is 35.6. The molecule has 1 aromatic carbocycles. The Bertz CT molecular complexity index is 1080. The summed E-state index contributed by atoms with van der Waals surface area (Å²) < 4.78 is 17.3. The third-order valence-electron chi connectivity index (χ3n) is 8.38. The van der Waals surface area contributed by atoms with Crippen LogP contribution in [-0.2, 0) is 14.3 Å². The number of carbonyl (C=O) groups is 1. The highest BCUT2D eigenvalue weighted by Crippen LogP contribution is 2.53. The second-order valence-corrected chi connectivity index (χ2v) is 10.5. The van der Waals surface area contributed by atoms with Crippen molar-refractivity contribution in [3.8, 4) is 5.75 Å². The van der Waals surface area contributed by atoms with E-state index < -0.39 is 36.7 Å². The molecular weight excluding hydrogens is 464 g/mol. The second kappa shape index (κ2) is 10.2. The molecule has 1 saturated heterocycles. The Labute approximate surface area is 211 Å². The largest absolute Gasteiger partial charge is 0.496 e. The van der Waals surface area contributed by atoms with Gasteiger partial charge in [0.05, 0.1) is 7.11 Å². The fraction of sp³-hybridized carbons (Fsp3) is 0.607. The number of allylic oxidation sites excluding steroid dienone is 3. The van der Waals surface area contributed by atoms with Crippen molar-refractivity contribution in [2.45, 2.75) is 89.0 Å². The van der Waals surface area contributed by atoms with Gasteiger partial charge in [-0.2, -0.15) is 0 Å². The highest BCUT2D eigenvalue weighted by atomic mass is 16.7. The maximum atomic E-state index is 11.5. The van der Waals surface area contributed by atoms with E-state index in [0.717, 1.165) is 36.1 Å². The molecule has 3 aliphatic carbocycles. The Morgan fingerprint density at radius 3 is 2.56 bits per heavy atom. The van der Waals surface area contributed by atoms with Crippen LogP contribution in [0.2, 0.25) is 0 Å². The van der Waals surface area contributed by atoms with Crippen molar-refractivity contribution in [2.24, 2.45) is 11.8 Å². The Kier molecular flexibility index (Phi) is 7.14. The van der Waals surface area contributed by atoms with Crippen LogP contribution in [0, 0.1) is 18.8 Å². The van der Waals surface area contributed by atoms with E-state index in [1.807, 2.05) is 25.1 Å². The van der Waals surface area contributed by atoms with Crippen LogP contribution in [-0.4, -0.2) is 64.2 Å². The van der Waals surface area contributed by atoms with Crippen molar-refractivity contribution < 1.29 is 39.4 Å². The zero-order chi connectivity index (χ0) is 25.6. The minimum Gasteiger partial charge on any atom is -0.496 e. The first-order chi connectivity index (χ1) is 17.3. The average molecular weight is 501 g/mol. The molecule has 4 unspecified atom stereocenters. The third-order valence-corrected chi connectivity index (χ3v) is 8.38. The van der Waals surface area contributed by atoms with E-state index >= 15 is 0 Å². The predicted molar refractivity (Wildman–Crippen MR) is 131 cm³/mol. The number of methoxy groups -OCH3 is 1. The number of fused-ring (bicyclic) bond motifs is 3. The van der Waals surface area contributed by atoms with E-state index in [1.54, 1.807) is 18.3 Å². The highest BCUT2D eigenvalue weighted by molar-refractivity contribution is 5.73. The van der Waals surface area contributed by atoms with E-state index in [9.17, 15) is 25.2 Å². The van der Waals surface area contributed by atoms with Gasteiger partial charge in [-0.25, -0.2) is 4.79 Å². The van der Waals surface area contributed by atoms with Gasteiger partial charge in [0.25, 0.3) is 0 Å². The van der Waals surface area contributed by atoms with Crippen molar-refractivity contribution in [1.29, 1.82) is 0 Å². The van der Waals surface area contributed by atoms with Gasteiger partial charge in [-0.1, -0.05) is 29.7 Å². The van der Waals surface area contributed by atoms with Gasteiger partial charge in [0, 0.05) is 11.5 Å². The molecule has 0 radical (unpaired) electrons. The molecule has 5 rings (SSSR count).